The zero-order valence-corrected chi connectivity index (χ0v) is 10.6. The first-order valence-electron chi connectivity index (χ1n) is 6.21. The van der Waals surface area contributed by atoms with Gasteiger partial charge in [0.1, 0.15) is 12.4 Å². The Hall–Kier alpha value is -2.29. The van der Waals surface area contributed by atoms with Gasteiger partial charge < -0.3 is 9.84 Å². The van der Waals surface area contributed by atoms with E-state index in [1.54, 1.807) is 24.3 Å². The molecule has 0 spiro atoms. The number of phenols is 1. The second-order valence-electron chi connectivity index (χ2n) is 4.31. The number of carbonyl (C=O) groups excluding carboxylic acids is 1. The zero-order valence-electron chi connectivity index (χ0n) is 10.6. The first-order chi connectivity index (χ1) is 9.24. The van der Waals surface area contributed by atoms with Crippen molar-refractivity contribution in [3.8, 4) is 5.75 Å². The quantitative estimate of drug-likeness (QED) is 0.836. The van der Waals surface area contributed by atoms with Crippen molar-refractivity contribution in [2.24, 2.45) is 0 Å². The van der Waals surface area contributed by atoms with Gasteiger partial charge in [0, 0.05) is 6.42 Å². The number of phenolic OH excluding ortho intramolecular Hbond substituents is 1. The van der Waals surface area contributed by atoms with Gasteiger partial charge in [-0.05, 0) is 29.7 Å². The molecule has 0 bridgehead atoms. The summed E-state index contributed by atoms with van der Waals surface area (Å²) in [4.78, 5) is 11.6. The number of esters is 1. The molecule has 0 aliphatic rings. The summed E-state index contributed by atoms with van der Waals surface area (Å²) < 4.78 is 5.19. The van der Waals surface area contributed by atoms with Gasteiger partial charge in [-0.15, -0.1) is 0 Å². The van der Waals surface area contributed by atoms with E-state index in [-0.39, 0.29) is 11.7 Å². The molecular formula is C16H16O3. The Labute approximate surface area is 112 Å². The Morgan fingerprint density at radius 1 is 0.947 bits per heavy atom. The molecule has 0 radical (unpaired) electrons. The van der Waals surface area contributed by atoms with Gasteiger partial charge in [-0.1, -0.05) is 42.5 Å². The molecule has 0 aromatic heterocycles. The van der Waals surface area contributed by atoms with E-state index in [4.69, 9.17) is 9.84 Å². The number of aryl methyl sites for hydroxylation is 1. The summed E-state index contributed by atoms with van der Waals surface area (Å²) in [5, 5.41) is 9.15. The van der Waals surface area contributed by atoms with E-state index in [0.717, 1.165) is 11.1 Å². The number of hydrogen-bond donors (Lipinski definition) is 1. The molecule has 0 saturated carbocycles. The van der Waals surface area contributed by atoms with Crippen molar-refractivity contribution in [3.63, 3.8) is 0 Å². The molecule has 2 rings (SSSR count). The van der Waals surface area contributed by atoms with E-state index in [1.165, 1.54) is 0 Å². The molecule has 0 atom stereocenters. The Morgan fingerprint density at radius 2 is 1.63 bits per heavy atom. The molecule has 98 valence electrons. The second-order valence-corrected chi connectivity index (χ2v) is 4.31. The molecule has 2 aromatic rings. The third kappa shape index (κ3) is 4.47. The summed E-state index contributed by atoms with van der Waals surface area (Å²) >= 11 is 0. The molecule has 0 aliphatic carbocycles. The lowest BCUT2D eigenvalue weighted by molar-refractivity contribution is -0.144. The van der Waals surface area contributed by atoms with Crippen LogP contribution in [0.3, 0.4) is 0 Å². The van der Waals surface area contributed by atoms with Crippen LogP contribution < -0.4 is 0 Å². The van der Waals surface area contributed by atoms with E-state index in [1.807, 2.05) is 30.3 Å². The number of benzene rings is 2. The monoisotopic (exact) mass is 256 g/mol. The minimum absolute atomic E-state index is 0.211. The fourth-order valence-electron chi connectivity index (χ4n) is 1.72. The first-order valence-corrected chi connectivity index (χ1v) is 6.21. The van der Waals surface area contributed by atoms with Crippen molar-refractivity contribution >= 4 is 5.97 Å². The highest BCUT2D eigenvalue weighted by Crippen LogP contribution is 2.11. The number of rotatable bonds is 5. The fraction of sp³-hybridized carbons (Fsp3) is 0.188. The van der Waals surface area contributed by atoms with Crippen LogP contribution in [0.5, 0.6) is 5.75 Å². The summed E-state index contributed by atoms with van der Waals surface area (Å²) in [6, 6.07) is 16.4. The lowest BCUT2D eigenvalue weighted by Gasteiger charge is -2.05. The van der Waals surface area contributed by atoms with Gasteiger partial charge in [-0.25, -0.2) is 0 Å². The van der Waals surface area contributed by atoms with Gasteiger partial charge in [0.05, 0.1) is 0 Å². The normalized spacial score (nSPS) is 10.1. The average Bonchev–Trinajstić information content (AvgIpc) is 2.45. The fourth-order valence-corrected chi connectivity index (χ4v) is 1.72. The molecule has 0 unspecified atom stereocenters. The van der Waals surface area contributed by atoms with Gasteiger partial charge in [-0.3, -0.25) is 4.79 Å². The molecule has 0 heterocycles. The minimum atomic E-state index is -0.211. The molecule has 1 N–H and O–H groups in total. The van der Waals surface area contributed by atoms with Crippen molar-refractivity contribution in [2.45, 2.75) is 19.4 Å². The number of ether oxygens (including phenoxy) is 1. The van der Waals surface area contributed by atoms with Crippen LogP contribution in [0.2, 0.25) is 0 Å². The SMILES string of the molecule is O=C(CCc1ccc(O)cc1)OCc1ccccc1. The summed E-state index contributed by atoms with van der Waals surface area (Å²) in [6.45, 7) is 0.315. The summed E-state index contributed by atoms with van der Waals surface area (Å²) in [7, 11) is 0. The Kier molecular flexibility index (Phi) is 4.56. The largest absolute Gasteiger partial charge is 0.508 e. The Morgan fingerprint density at radius 3 is 2.32 bits per heavy atom. The maximum absolute atomic E-state index is 11.6. The third-order valence-electron chi connectivity index (χ3n) is 2.80. The van der Waals surface area contributed by atoms with Crippen molar-refractivity contribution in [2.75, 3.05) is 0 Å². The van der Waals surface area contributed by atoms with Crippen LogP contribution >= 0.6 is 0 Å². The van der Waals surface area contributed by atoms with Crippen LogP contribution in [0.25, 0.3) is 0 Å². The maximum atomic E-state index is 11.6. The van der Waals surface area contributed by atoms with Crippen LogP contribution in [0.1, 0.15) is 17.5 Å². The van der Waals surface area contributed by atoms with Gasteiger partial charge >= 0.3 is 5.97 Å². The molecular weight excluding hydrogens is 240 g/mol. The molecule has 0 saturated heterocycles. The molecule has 19 heavy (non-hydrogen) atoms. The highest BCUT2D eigenvalue weighted by molar-refractivity contribution is 5.69. The van der Waals surface area contributed by atoms with Crippen LogP contribution in [-0.4, -0.2) is 11.1 Å². The molecule has 2 aromatic carbocycles. The van der Waals surface area contributed by atoms with Crippen molar-refractivity contribution in [3.05, 3.63) is 65.7 Å². The van der Waals surface area contributed by atoms with Crippen LogP contribution in [0.15, 0.2) is 54.6 Å². The van der Waals surface area contributed by atoms with Crippen molar-refractivity contribution in [1.29, 1.82) is 0 Å². The number of carbonyl (C=O) groups is 1. The van der Waals surface area contributed by atoms with Crippen molar-refractivity contribution < 1.29 is 14.6 Å². The molecule has 3 heteroatoms. The van der Waals surface area contributed by atoms with Gasteiger partial charge in [0.15, 0.2) is 0 Å². The molecule has 0 fully saturated rings. The molecule has 0 amide bonds. The van der Waals surface area contributed by atoms with Crippen LogP contribution in [0.4, 0.5) is 0 Å². The standard InChI is InChI=1S/C16H16O3/c17-15-9-6-13(7-10-15)8-11-16(18)19-12-14-4-2-1-3-5-14/h1-7,9-10,17H,8,11-12H2. The van der Waals surface area contributed by atoms with Gasteiger partial charge in [0.2, 0.25) is 0 Å². The van der Waals surface area contributed by atoms with Gasteiger partial charge in [0.25, 0.3) is 0 Å². The maximum Gasteiger partial charge on any atom is 0.306 e. The highest BCUT2D eigenvalue weighted by atomic mass is 16.5. The van der Waals surface area contributed by atoms with E-state index in [9.17, 15) is 4.79 Å². The smallest absolute Gasteiger partial charge is 0.306 e. The van der Waals surface area contributed by atoms with Gasteiger partial charge in [-0.2, -0.15) is 0 Å². The van der Waals surface area contributed by atoms with Crippen LogP contribution in [-0.2, 0) is 22.6 Å². The summed E-state index contributed by atoms with van der Waals surface area (Å²) in [5.74, 6) is 0.0207. The van der Waals surface area contributed by atoms with E-state index < -0.39 is 0 Å². The Balaban J connectivity index is 1.74. The summed E-state index contributed by atoms with van der Waals surface area (Å²) in [5.41, 5.74) is 2.00. The molecule has 3 nitrogen and oxygen atoms in total. The van der Waals surface area contributed by atoms with E-state index in [2.05, 4.69) is 0 Å². The predicted molar refractivity (Wildman–Crippen MR) is 72.7 cm³/mol. The lowest BCUT2D eigenvalue weighted by atomic mass is 10.1. The first kappa shape index (κ1) is 13.1. The summed E-state index contributed by atoms with van der Waals surface area (Å²) in [6.07, 6.45) is 0.964. The zero-order chi connectivity index (χ0) is 13.5. The van der Waals surface area contributed by atoms with E-state index >= 15 is 0 Å². The predicted octanol–water partition coefficient (Wildman–Crippen LogP) is 3.07. The lowest BCUT2D eigenvalue weighted by Crippen LogP contribution is -2.05. The minimum Gasteiger partial charge on any atom is -0.508 e. The van der Waals surface area contributed by atoms with Crippen molar-refractivity contribution in [1.82, 2.24) is 0 Å². The third-order valence-corrected chi connectivity index (χ3v) is 2.80. The molecule has 0 aliphatic heterocycles. The highest BCUT2D eigenvalue weighted by Gasteiger charge is 2.04. The van der Waals surface area contributed by atoms with E-state index in [0.29, 0.717) is 19.4 Å². The Bertz CT molecular complexity index is 517. The topological polar surface area (TPSA) is 46.5 Å². The number of aromatic hydroxyl groups is 1. The van der Waals surface area contributed by atoms with Crippen LogP contribution in [0, 0.1) is 0 Å². The number of hydrogen-bond acceptors (Lipinski definition) is 3. The second kappa shape index (κ2) is 6.59. The average molecular weight is 256 g/mol.